The Morgan fingerprint density at radius 1 is 0.862 bits per heavy atom. The van der Waals surface area contributed by atoms with Crippen molar-refractivity contribution in [2.45, 2.75) is 0 Å². The first-order valence-corrected chi connectivity index (χ1v) is 8.92. The Kier molecular flexibility index (Phi) is 6.20. The summed E-state index contributed by atoms with van der Waals surface area (Å²) < 4.78 is 10.4. The van der Waals surface area contributed by atoms with Gasteiger partial charge in [-0.05, 0) is 36.5 Å². The summed E-state index contributed by atoms with van der Waals surface area (Å²) in [5, 5.41) is 3.29. The number of hydrogen-bond acceptors (Lipinski definition) is 6. The van der Waals surface area contributed by atoms with Crippen LogP contribution >= 0.6 is 12.2 Å². The van der Waals surface area contributed by atoms with Gasteiger partial charge in [0.05, 0.1) is 19.7 Å². The number of carbonyl (C=O) groups excluding carboxylic acids is 2. The maximum Gasteiger partial charge on any atom is 0.288 e. The number of pyridine rings is 1. The summed E-state index contributed by atoms with van der Waals surface area (Å²) in [6, 6.07) is 15.8. The Morgan fingerprint density at radius 3 is 2.24 bits per heavy atom. The monoisotopic (exact) mass is 410 g/mol. The quantitative estimate of drug-likeness (QED) is 0.448. The fourth-order valence-corrected chi connectivity index (χ4v) is 2.79. The number of hydrazine groups is 1. The third-order valence-electron chi connectivity index (χ3n) is 4.00. The fraction of sp³-hybridized carbons (Fsp3) is 0.100. The van der Waals surface area contributed by atoms with Crippen LogP contribution in [0.3, 0.4) is 0 Å². The van der Waals surface area contributed by atoms with E-state index in [-0.39, 0.29) is 16.4 Å². The van der Waals surface area contributed by atoms with E-state index in [4.69, 9.17) is 21.7 Å². The summed E-state index contributed by atoms with van der Waals surface area (Å²) in [6.45, 7) is 0. The Bertz CT molecular complexity index is 1060. The van der Waals surface area contributed by atoms with Crippen LogP contribution in [0.4, 0.5) is 0 Å². The van der Waals surface area contributed by atoms with Gasteiger partial charge in [-0.2, -0.15) is 0 Å². The number of rotatable bonds is 4. The summed E-state index contributed by atoms with van der Waals surface area (Å²) >= 11 is 5.07. The van der Waals surface area contributed by atoms with Crippen LogP contribution in [0.25, 0.3) is 10.9 Å². The predicted molar refractivity (Wildman–Crippen MR) is 112 cm³/mol. The number of ether oxygens (including phenoxy) is 2. The van der Waals surface area contributed by atoms with Crippen molar-refractivity contribution in [2.24, 2.45) is 0 Å². The second-order valence-electron chi connectivity index (χ2n) is 5.79. The van der Waals surface area contributed by atoms with Gasteiger partial charge in [-0.3, -0.25) is 25.8 Å². The van der Waals surface area contributed by atoms with Gasteiger partial charge in [-0.1, -0.05) is 30.3 Å². The lowest BCUT2D eigenvalue weighted by atomic mass is 10.1. The molecule has 0 spiro atoms. The minimum Gasteiger partial charge on any atom is -0.496 e. The summed E-state index contributed by atoms with van der Waals surface area (Å²) in [5.74, 6) is -0.389. The van der Waals surface area contributed by atoms with E-state index in [0.29, 0.717) is 17.0 Å². The molecule has 3 N–H and O–H groups in total. The number of benzene rings is 2. The number of amides is 2. The third kappa shape index (κ3) is 4.58. The lowest BCUT2D eigenvalue weighted by molar-refractivity contribution is 0.0929. The number of nitrogens with one attached hydrogen (secondary N) is 3. The van der Waals surface area contributed by atoms with Crippen LogP contribution in [-0.4, -0.2) is 36.1 Å². The molecule has 29 heavy (non-hydrogen) atoms. The Morgan fingerprint density at radius 2 is 1.55 bits per heavy atom. The third-order valence-corrected chi connectivity index (χ3v) is 4.21. The highest BCUT2D eigenvalue weighted by atomic mass is 32.1. The zero-order valence-electron chi connectivity index (χ0n) is 15.7. The SMILES string of the molecule is COc1cccc(OC)c1C(=O)NC(=S)NNC(=O)c1ccc2ccccc2n1. The molecule has 3 rings (SSSR count). The van der Waals surface area contributed by atoms with E-state index in [9.17, 15) is 9.59 Å². The van der Waals surface area contributed by atoms with Crippen molar-refractivity contribution in [2.75, 3.05) is 14.2 Å². The summed E-state index contributed by atoms with van der Waals surface area (Å²) in [5.41, 5.74) is 5.97. The number of nitrogens with zero attached hydrogens (tertiary/aromatic N) is 1. The van der Waals surface area contributed by atoms with Crippen molar-refractivity contribution in [1.29, 1.82) is 0 Å². The minimum atomic E-state index is -0.546. The number of aromatic nitrogens is 1. The molecule has 1 heterocycles. The average molecular weight is 410 g/mol. The largest absolute Gasteiger partial charge is 0.496 e. The summed E-state index contributed by atoms with van der Waals surface area (Å²) in [6.07, 6.45) is 0. The molecule has 0 atom stereocenters. The van der Waals surface area contributed by atoms with Gasteiger partial charge < -0.3 is 9.47 Å². The molecule has 3 aromatic rings. The van der Waals surface area contributed by atoms with Crippen LogP contribution in [0.1, 0.15) is 20.8 Å². The van der Waals surface area contributed by atoms with Crippen LogP contribution in [-0.2, 0) is 0 Å². The van der Waals surface area contributed by atoms with Gasteiger partial charge in [-0.25, -0.2) is 4.98 Å². The number of fused-ring (bicyclic) bond motifs is 1. The molecule has 1 aromatic heterocycles. The number of hydrogen-bond donors (Lipinski definition) is 3. The molecule has 8 nitrogen and oxygen atoms in total. The van der Waals surface area contributed by atoms with Crippen molar-refractivity contribution in [3.8, 4) is 11.5 Å². The average Bonchev–Trinajstić information content (AvgIpc) is 2.76. The molecule has 0 fully saturated rings. The van der Waals surface area contributed by atoms with E-state index in [0.717, 1.165) is 5.39 Å². The second-order valence-corrected chi connectivity index (χ2v) is 6.20. The molecule has 2 amide bonds. The standard InChI is InChI=1S/C20H18N4O4S/c1-27-15-8-5-9-16(28-2)17(15)19(26)22-20(29)24-23-18(25)14-11-10-12-6-3-4-7-13(12)21-14/h3-11H,1-2H3,(H,23,25)(H2,22,24,26,29). The molecule has 2 aromatic carbocycles. The lowest BCUT2D eigenvalue weighted by Crippen LogP contribution is -2.48. The zero-order valence-corrected chi connectivity index (χ0v) is 16.5. The van der Waals surface area contributed by atoms with Crippen molar-refractivity contribution in [3.63, 3.8) is 0 Å². The van der Waals surface area contributed by atoms with Gasteiger partial charge >= 0.3 is 0 Å². The van der Waals surface area contributed by atoms with E-state index in [2.05, 4.69) is 21.2 Å². The predicted octanol–water partition coefficient (Wildman–Crippen LogP) is 2.20. The van der Waals surface area contributed by atoms with Crippen LogP contribution in [0.2, 0.25) is 0 Å². The molecule has 0 radical (unpaired) electrons. The minimum absolute atomic E-state index is 0.0999. The molecule has 148 valence electrons. The smallest absolute Gasteiger partial charge is 0.288 e. The molecular weight excluding hydrogens is 392 g/mol. The summed E-state index contributed by atoms with van der Waals surface area (Å²) in [4.78, 5) is 29.1. The number of methoxy groups -OCH3 is 2. The second kappa shape index (κ2) is 8.98. The first-order valence-electron chi connectivity index (χ1n) is 8.52. The first kappa shape index (κ1) is 20.0. The van der Waals surface area contributed by atoms with Crippen molar-refractivity contribution < 1.29 is 19.1 Å². The molecule has 9 heteroatoms. The number of para-hydroxylation sites is 1. The van der Waals surface area contributed by atoms with Crippen molar-refractivity contribution in [1.82, 2.24) is 21.2 Å². The molecule has 0 aliphatic rings. The molecule has 0 aliphatic heterocycles. The highest BCUT2D eigenvalue weighted by Gasteiger charge is 2.19. The highest BCUT2D eigenvalue weighted by Crippen LogP contribution is 2.27. The van der Waals surface area contributed by atoms with Crippen LogP contribution < -0.4 is 25.6 Å². The Balaban J connectivity index is 1.63. The molecule has 0 saturated heterocycles. The molecule has 0 unspecified atom stereocenters. The van der Waals surface area contributed by atoms with E-state index in [1.165, 1.54) is 14.2 Å². The van der Waals surface area contributed by atoms with Gasteiger partial charge in [0.15, 0.2) is 5.11 Å². The first-order chi connectivity index (χ1) is 14.0. The van der Waals surface area contributed by atoms with Gasteiger partial charge in [0, 0.05) is 5.39 Å². The number of thiocarbonyl (C=S) groups is 1. The van der Waals surface area contributed by atoms with Gasteiger partial charge in [0.1, 0.15) is 22.8 Å². The molecular formula is C20H18N4O4S. The van der Waals surface area contributed by atoms with Gasteiger partial charge in [0.25, 0.3) is 11.8 Å². The Labute approximate surface area is 172 Å². The van der Waals surface area contributed by atoms with E-state index in [1.807, 2.05) is 24.3 Å². The fourth-order valence-electron chi connectivity index (χ4n) is 2.64. The number of carbonyl (C=O) groups is 2. The van der Waals surface area contributed by atoms with Crippen molar-refractivity contribution >= 4 is 40.0 Å². The van der Waals surface area contributed by atoms with Crippen molar-refractivity contribution in [3.05, 3.63) is 65.9 Å². The zero-order chi connectivity index (χ0) is 20.8. The van der Waals surface area contributed by atoms with E-state index < -0.39 is 11.8 Å². The van der Waals surface area contributed by atoms with Gasteiger partial charge in [-0.15, -0.1) is 0 Å². The molecule has 0 bridgehead atoms. The topological polar surface area (TPSA) is 102 Å². The normalized spacial score (nSPS) is 10.1. The molecule has 0 aliphatic carbocycles. The summed E-state index contributed by atoms with van der Waals surface area (Å²) in [7, 11) is 2.89. The van der Waals surface area contributed by atoms with Gasteiger partial charge in [0.2, 0.25) is 0 Å². The lowest BCUT2D eigenvalue weighted by Gasteiger charge is -2.14. The maximum absolute atomic E-state index is 12.6. The van der Waals surface area contributed by atoms with Crippen LogP contribution in [0, 0.1) is 0 Å². The van der Waals surface area contributed by atoms with E-state index >= 15 is 0 Å². The molecule has 0 saturated carbocycles. The Hall–Kier alpha value is -3.72. The van der Waals surface area contributed by atoms with E-state index in [1.54, 1.807) is 30.3 Å². The maximum atomic E-state index is 12.6. The highest BCUT2D eigenvalue weighted by molar-refractivity contribution is 7.80. The van der Waals surface area contributed by atoms with Crippen LogP contribution in [0.15, 0.2) is 54.6 Å². The van der Waals surface area contributed by atoms with Crippen LogP contribution in [0.5, 0.6) is 11.5 Å².